The molecule has 1 saturated heterocycles. The van der Waals surface area contributed by atoms with Crippen molar-refractivity contribution in [3.63, 3.8) is 0 Å². The number of hydrogen-bond donors (Lipinski definition) is 0. The molecule has 1 fully saturated rings. The molecule has 3 rings (SSSR count). The predicted molar refractivity (Wildman–Crippen MR) is 90.9 cm³/mol. The van der Waals surface area contributed by atoms with Crippen LogP contribution in [0.15, 0.2) is 36.7 Å². The molecule has 0 atom stereocenters. The first-order chi connectivity index (χ1) is 11.7. The first kappa shape index (κ1) is 16.4. The van der Waals surface area contributed by atoms with Gasteiger partial charge in [-0.3, -0.25) is 14.7 Å². The Morgan fingerprint density at radius 3 is 2.54 bits per heavy atom. The fraction of sp³-hybridized carbons (Fsp3) is 0.389. The van der Waals surface area contributed by atoms with E-state index in [4.69, 9.17) is 4.74 Å². The lowest BCUT2D eigenvalue weighted by atomic mass is 10.2. The van der Waals surface area contributed by atoms with E-state index in [1.54, 1.807) is 18.3 Å². The molecule has 3 heterocycles. The van der Waals surface area contributed by atoms with Gasteiger partial charge in [-0.25, -0.2) is 4.98 Å². The lowest BCUT2D eigenvalue weighted by Gasteiger charge is -2.34. The highest BCUT2D eigenvalue weighted by molar-refractivity contribution is 5.96. The standard InChI is InChI=1S/C18H22N4O2/c1-14-5-3-7-19-16(14)13-21-9-11-22(12-10-21)18(23)15-6-4-8-20-17(15)24-2/h3-8H,9-13H2,1-2H3. The molecule has 126 valence electrons. The van der Waals surface area contributed by atoms with Gasteiger partial charge >= 0.3 is 0 Å². The van der Waals surface area contributed by atoms with Gasteiger partial charge in [0.25, 0.3) is 5.91 Å². The van der Waals surface area contributed by atoms with Crippen LogP contribution >= 0.6 is 0 Å². The Labute approximate surface area is 142 Å². The maximum atomic E-state index is 12.7. The lowest BCUT2D eigenvalue weighted by Crippen LogP contribution is -2.48. The summed E-state index contributed by atoms with van der Waals surface area (Å²) in [6.07, 6.45) is 3.46. The number of rotatable bonds is 4. The molecule has 6 heteroatoms. The van der Waals surface area contributed by atoms with E-state index in [1.807, 2.05) is 17.2 Å². The van der Waals surface area contributed by atoms with Crippen LogP contribution in [0.2, 0.25) is 0 Å². The molecule has 1 aliphatic rings. The number of aryl methyl sites for hydroxylation is 1. The number of carbonyl (C=O) groups excluding carboxylic acids is 1. The highest BCUT2D eigenvalue weighted by Crippen LogP contribution is 2.18. The quantitative estimate of drug-likeness (QED) is 0.857. The Kier molecular flexibility index (Phi) is 5.05. The van der Waals surface area contributed by atoms with Crippen LogP contribution in [-0.2, 0) is 6.54 Å². The van der Waals surface area contributed by atoms with Crippen molar-refractivity contribution in [1.82, 2.24) is 19.8 Å². The molecule has 0 spiro atoms. The number of hydrogen-bond acceptors (Lipinski definition) is 5. The molecule has 2 aromatic rings. The molecular weight excluding hydrogens is 304 g/mol. The van der Waals surface area contributed by atoms with Crippen LogP contribution < -0.4 is 4.74 Å². The van der Waals surface area contributed by atoms with Crippen LogP contribution in [0.4, 0.5) is 0 Å². The number of pyridine rings is 2. The Morgan fingerprint density at radius 2 is 1.83 bits per heavy atom. The van der Waals surface area contributed by atoms with Crippen molar-refractivity contribution in [2.45, 2.75) is 13.5 Å². The summed E-state index contributed by atoms with van der Waals surface area (Å²) in [6, 6.07) is 7.56. The lowest BCUT2D eigenvalue weighted by molar-refractivity contribution is 0.0623. The van der Waals surface area contributed by atoms with Gasteiger partial charge in [0, 0.05) is 45.1 Å². The number of ether oxygens (including phenoxy) is 1. The molecule has 0 unspecified atom stereocenters. The van der Waals surface area contributed by atoms with Gasteiger partial charge in [0.15, 0.2) is 0 Å². The second-order valence-corrected chi connectivity index (χ2v) is 5.90. The van der Waals surface area contributed by atoms with E-state index in [0.29, 0.717) is 24.5 Å². The Hall–Kier alpha value is -2.47. The van der Waals surface area contributed by atoms with Crippen molar-refractivity contribution >= 4 is 5.91 Å². The number of piperazine rings is 1. The molecule has 0 aliphatic carbocycles. The van der Waals surface area contributed by atoms with Crippen LogP contribution in [0.3, 0.4) is 0 Å². The average Bonchev–Trinajstić information content (AvgIpc) is 2.63. The number of carbonyl (C=O) groups is 1. The summed E-state index contributed by atoms with van der Waals surface area (Å²) in [6.45, 7) is 5.97. The highest BCUT2D eigenvalue weighted by atomic mass is 16.5. The van der Waals surface area contributed by atoms with Crippen LogP contribution in [-0.4, -0.2) is 59.0 Å². The van der Waals surface area contributed by atoms with Crippen LogP contribution in [0.5, 0.6) is 5.88 Å². The maximum Gasteiger partial charge on any atom is 0.259 e. The Balaban J connectivity index is 1.61. The molecule has 6 nitrogen and oxygen atoms in total. The summed E-state index contributed by atoms with van der Waals surface area (Å²) >= 11 is 0. The van der Waals surface area contributed by atoms with Crippen molar-refractivity contribution in [2.75, 3.05) is 33.3 Å². The first-order valence-corrected chi connectivity index (χ1v) is 8.10. The van der Waals surface area contributed by atoms with Gasteiger partial charge in [0.05, 0.1) is 12.8 Å². The molecule has 0 bridgehead atoms. The number of amides is 1. The third kappa shape index (κ3) is 3.54. The topological polar surface area (TPSA) is 58.6 Å². The molecular formula is C18H22N4O2. The average molecular weight is 326 g/mol. The molecule has 0 aromatic carbocycles. The van der Waals surface area contributed by atoms with Gasteiger partial charge in [-0.15, -0.1) is 0 Å². The third-order valence-corrected chi connectivity index (χ3v) is 4.35. The minimum atomic E-state index is -0.0198. The molecule has 0 N–H and O–H groups in total. The van der Waals surface area contributed by atoms with Crippen molar-refractivity contribution < 1.29 is 9.53 Å². The van der Waals surface area contributed by atoms with Crippen molar-refractivity contribution in [2.24, 2.45) is 0 Å². The smallest absolute Gasteiger partial charge is 0.259 e. The van der Waals surface area contributed by atoms with Crippen molar-refractivity contribution in [1.29, 1.82) is 0 Å². The van der Waals surface area contributed by atoms with E-state index < -0.39 is 0 Å². The van der Waals surface area contributed by atoms with E-state index in [2.05, 4.69) is 27.9 Å². The van der Waals surface area contributed by atoms with Gasteiger partial charge in [-0.05, 0) is 30.7 Å². The number of aromatic nitrogens is 2. The van der Waals surface area contributed by atoms with Crippen molar-refractivity contribution in [3.05, 3.63) is 53.5 Å². The molecule has 0 saturated carbocycles. The highest BCUT2D eigenvalue weighted by Gasteiger charge is 2.24. The van der Waals surface area contributed by atoms with Crippen LogP contribution in [0.1, 0.15) is 21.6 Å². The first-order valence-electron chi connectivity index (χ1n) is 8.10. The third-order valence-electron chi connectivity index (χ3n) is 4.35. The monoisotopic (exact) mass is 326 g/mol. The summed E-state index contributed by atoms with van der Waals surface area (Å²) in [7, 11) is 1.53. The Bertz CT molecular complexity index is 712. The SMILES string of the molecule is COc1ncccc1C(=O)N1CCN(Cc2ncccc2C)CC1. The molecule has 24 heavy (non-hydrogen) atoms. The maximum absolute atomic E-state index is 12.7. The summed E-state index contributed by atoms with van der Waals surface area (Å²) in [5.41, 5.74) is 2.83. The summed E-state index contributed by atoms with van der Waals surface area (Å²) in [4.78, 5) is 25.4. The van der Waals surface area contributed by atoms with Gasteiger partial charge < -0.3 is 9.64 Å². The normalized spacial score (nSPS) is 15.3. The van der Waals surface area contributed by atoms with E-state index in [1.165, 1.54) is 12.7 Å². The molecule has 1 aliphatic heterocycles. The van der Waals surface area contributed by atoms with Crippen LogP contribution in [0, 0.1) is 6.92 Å². The number of nitrogens with zero attached hydrogens (tertiary/aromatic N) is 4. The largest absolute Gasteiger partial charge is 0.480 e. The molecule has 0 radical (unpaired) electrons. The van der Waals surface area contributed by atoms with Crippen molar-refractivity contribution in [3.8, 4) is 5.88 Å². The zero-order chi connectivity index (χ0) is 16.9. The second-order valence-electron chi connectivity index (χ2n) is 5.90. The van der Waals surface area contributed by atoms with E-state index in [0.717, 1.165) is 25.3 Å². The summed E-state index contributed by atoms with van der Waals surface area (Å²) in [5.74, 6) is 0.364. The van der Waals surface area contributed by atoms with Gasteiger partial charge in [-0.2, -0.15) is 0 Å². The predicted octanol–water partition coefficient (Wildman–Crippen LogP) is 1.75. The van der Waals surface area contributed by atoms with E-state index in [-0.39, 0.29) is 5.91 Å². The van der Waals surface area contributed by atoms with Gasteiger partial charge in [0.2, 0.25) is 5.88 Å². The second kappa shape index (κ2) is 7.40. The van der Waals surface area contributed by atoms with Crippen LogP contribution in [0.25, 0.3) is 0 Å². The van der Waals surface area contributed by atoms with Gasteiger partial charge in [0.1, 0.15) is 5.56 Å². The van der Waals surface area contributed by atoms with Gasteiger partial charge in [-0.1, -0.05) is 6.07 Å². The minimum absolute atomic E-state index is 0.0198. The fourth-order valence-electron chi connectivity index (χ4n) is 2.89. The van der Waals surface area contributed by atoms with E-state index in [9.17, 15) is 4.79 Å². The summed E-state index contributed by atoms with van der Waals surface area (Å²) in [5, 5.41) is 0. The summed E-state index contributed by atoms with van der Waals surface area (Å²) < 4.78 is 5.19. The zero-order valence-corrected chi connectivity index (χ0v) is 14.1. The molecule has 2 aromatic heterocycles. The number of methoxy groups -OCH3 is 1. The Morgan fingerprint density at radius 1 is 1.12 bits per heavy atom. The van der Waals surface area contributed by atoms with E-state index >= 15 is 0 Å². The fourth-order valence-corrected chi connectivity index (χ4v) is 2.89. The minimum Gasteiger partial charge on any atom is -0.480 e. The molecule has 1 amide bonds. The zero-order valence-electron chi connectivity index (χ0n) is 14.1.